The number of aromatic amines is 1. The van der Waals surface area contributed by atoms with Gasteiger partial charge in [-0.05, 0) is 24.3 Å². The monoisotopic (exact) mass is 325 g/mol. The van der Waals surface area contributed by atoms with Crippen molar-refractivity contribution in [2.45, 2.75) is 10.1 Å². The van der Waals surface area contributed by atoms with Gasteiger partial charge in [0.15, 0.2) is 0 Å². The van der Waals surface area contributed by atoms with E-state index in [0.717, 1.165) is 17.8 Å². The van der Waals surface area contributed by atoms with Crippen LogP contribution in [0, 0.1) is 5.82 Å². The Hall–Kier alpha value is -2.27. The number of nitrogens with zero attached hydrogens (tertiary/aromatic N) is 2. The number of fused-ring (bicyclic) bond motifs is 1. The Labute approximate surface area is 138 Å². The van der Waals surface area contributed by atoms with E-state index < -0.39 is 0 Å². The summed E-state index contributed by atoms with van der Waals surface area (Å²) in [7, 11) is 2.10. The highest BCUT2D eigenvalue weighted by atomic mass is 32.2. The van der Waals surface area contributed by atoms with Crippen LogP contribution in [0.2, 0.25) is 0 Å². The summed E-state index contributed by atoms with van der Waals surface area (Å²) in [5, 5.41) is 0.258. The van der Waals surface area contributed by atoms with Gasteiger partial charge in [-0.2, -0.15) is 0 Å². The summed E-state index contributed by atoms with van der Waals surface area (Å²) in [6.45, 7) is 0.898. The maximum absolute atomic E-state index is 13.4. The molecule has 3 nitrogen and oxygen atoms in total. The lowest BCUT2D eigenvalue weighted by Crippen LogP contribution is -2.26. The van der Waals surface area contributed by atoms with Gasteiger partial charge in [0.25, 0.3) is 0 Å². The number of rotatable bonds is 2. The quantitative estimate of drug-likeness (QED) is 0.753. The van der Waals surface area contributed by atoms with Crippen LogP contribution in [-0.4, -0.2) is 23.6 Å². The number of aromatic nitrogens is 2. The predicted octanol–water partition coefficient (Wildman–Crippen LogP) is 4.50. The summed E-state index contributed by atoms with van der Waals surface area (Å²) in [6.07, 6.45) is 1.93. The number of benzene rings is 2. The second-order valence-corrected chi connectivity index (χ2v) is 6.88. The second kappa shape index (κ2) is 5.74. The van der Waals surface area contributed by atoms with Crippen LogP contribution < -0.4 is 4.90 Å². The zero-order valence-electron chi connectivity index (χ0n) is 12.7. The summed E-state index contributed by atoms with van der Waals surface area (Å²) in [5.74, 6) is 0.461. The zero-order valence-corrected chi connectivity index (χ0v) is 13.5. The molecule has 2 heterocycles. The average Bonchev–Trinajstić information content (AvgIpc) is 3.05. The maximum Gasteiger partial charge on any atom is 0.137 e. The Morgan fingerprint density at radius 2 is 2.09 bits per heavy atom. The molecule has 5 heteroatoms. The predicted molar refractivity (Wildman–Crippen MR) is 92.3 cm³/mol. The number of imidazole rings is 1. The van der Waals surface area contributed by atoms with E-state index in [0.29, 0.717) is 5.82 Å². The molecule has 3 aromatic rings. The van der Waals surface area contributed by atoms with Crippen molar-refractivity contribution >= 4 is 17.4 Å². The maximum atomic E-state index is 13.4. The van der Waals surface area contributed by atoms with Crippen molar-refractivity contribution in [1.82, 2.24) is 9.97 Å². The number of anilines is 1. The van der Waals surface area contributed by atoms with Crippen LogP contribution in [-0.2, 0) is 0 Å². The van der Waals surface area contributed by atoms with E-state index >= 15 is 0 Å². The van der Waals surface area contributed by atoms with Gasteiger partial charge < -0.3 is 9.88 Å². The molecule has 0 bridgehead atoms. The van der Waals surface area contributed by atoms with Gasteiger partial charge >= 0.3 is 0 Å². The molecule has 1 atom stereocenters. The van der Waals surface area contributed by atoms with Gasteiger partial charge in [-0.1, -0.05) is 24.3 Å². The van der Waals surface area contributed by atoms with E-state index in [1.807, 2.05) is 24.0 Å². The van der Waals surface area contributed by atoms with Crippen LogP contribution in [0.1, 0.15) is 10.9 Å². The molecule has 0 saturated heterocycles. The summed E-state index contributed by atoms with van der Waals surface area (Å²) in [6, 6.07) is 14.9. The number of para-hydroxylation sites is 1. The molecule has 0 radical (unpaired) electrons. The highest BCUT2D eigenvalue weighted by Gasteiger charge is 2.25. The molecule has 1 aromatic heterocycles. The van der Waals surface area contributed by atoms with E-state index in [2.05, 4.69) is 46.2 Å². The molecule has 2 aromatic carbocycles. The molecule has 1 aliphatic heterocycles. The summed E-state index contributed by atoms with van der Waals surface area (Å²) in [5.41, 5.74) is 3.02. The van der Waals surface area contributed by atoms with Gasteiger partial charge in [0, 0.05) is 30.2 Å². The largest absolute Gasteiger partial charge is 0.372 e. The number of nitrogens with one attached hydrogen (secondary N) is 1. The third kappa shape index (κ3) is 2.72. The average molecular weight is 325 g/mol. The minimum atomic E-state index is -0.249. The first-order chi connectivity index (χ1) is 11.2. The number of halogens is 1. The molecule has 23 heavy (non-hydrogen) atoms. The molecule has 1 aliphatic rings. The molecular formula is C18H16FN3S. The molecule has 1 N–H and O–H groups in total. The van der Waals surface area contributed by atoms with Gasteiger partial charge in [0.05, 0.1) is 16.6 Å². The van der Waals surface area contributed by atoms with Crippen molar-refractivity contribution in [2.24, 2.45) is 0 Å². The number of likely N-dealkylation sites (N-methyl/N-ethyl adjacent to an activating group) is 1. The second-order valence-electron chi connectivity index (χ2n) is 5.64. The topological polar surface area (TPSA) is 31.9 Å². The Balaban J connectivity index is 1.63. The zero-order chi connectivity index (χ0) is 15.8. The highest BCUT2D eigenvalue weighted by Crippen LogP contribution is 2.44. The minimum Gasteiger partial charge on any atom is -0.372 e. The summed E-state index contributed by atoms with van der Waals surface area (Å²) in [4.78, 5) is 11.4. The van der Waals surface area contributed by atoms with Crippen LogP contribution in [0.25, 0.3) is 11.4 Å². The van der Waals surface area contributed by atoms with Crippen LogP contribution in [0.5, 0.6) is 0 Å². The van der Waals surface area contributed by atoms with Crippen molar-refractivity contribution in [3.05, 3.63) is 66.2 Å². The van der Waals surface area contributed by atoms with Crippen LogP contribution in [0.4, 0.5) is 10.1 Å². The Kier molecular flexibility index (Phi) is 3.58. The SMILES string of the molecule is CN1CC(c2c[nH]c(-c3cccc(F)c3)n2)Sc2ccccc21. The third-order valence-electron chi connectivity index (χ3n) is 4.01. The number of thioether (sulfide) groups is 1. The minimum absolute atomic E-state index is 0.249. The lowest BCUT2D eigenvalue weighted by atomic mass is 10.2. The van der Waals surface area contributed by atoms with Crippen molar-refractivity contribution in [2.75, 3.05) is 18.5 Å². The summed E-state index contributed by atoms with van der Waals surface area (Å²) >= 11 is 1.83. The van der Waals surface area contributed by atoms with Crippen molar-refractivity contribution < 1.29 is 4.39 Å². The number of hydrogen-bond donors (Lipinski definition) is 1. The van der Waals surface area contributed by atoms with Crippen LogP contribution in [0.3, 0.4) is 0 Å². The fourth-order valence-electron chi connectivity index (χ4n) is 2.85. The Bertz CT molecular complexity index is 846. The fourth-order valence-corrected chi connectivity index (χ4v) is 4.20. The van der Waals surface area contributed by atoms with E-state index in [-0.39, 0.29) is 11.1 Å². The Morgan fingerprint density at radius 3 is 2.96 bits per heavy atom. The van der Waals surface area contributed by atoms with Gasteiger partial charge in [-0.3, -0.25) is 0 Å². The Morgan fingerprint density at radius 1 is 1.22 bits per heavy atom. The van der Waals surface area contributed by atoms with Gasteiger partial charge in [0.2, 0.25) is 0 Å². The van der Waals surface area contributed by atoms with E-state index in [4.69, 9.17) is 0 Å². The van der Waals surface area contributed by atoms with E-state index in [1.165, 1.54) is 22.7 Å². The highest BCUT2D eigenvalue weighted by molar-refractivity contribution is 7.99. The van der Waals surface area contributed by atoms with Crippen LogP contribution >= 0.6 is 11.8 Å². The normalized spacial score (nSPS) is 17.1. The summed E-state index contributed by atoms with van der Waals surface area (Å²) < 4.78 is 13.4. The molecule has 0 saturated carbocycles. The first kappa shape index (κ1) is 14.3. The number of H-pyrrole nitrogens is 1. The molecule has 1 unspecified atom stereocenters. The van der Waals surface area contributed by atoms with Gasteiger partial charge in [-0.25, -0.2) is 9.37 Å². The van der Waals surface area contributed by atoms with Crippen molar-refractivity contribution in [1.29, 1.82) is 0 Å². The van der Waals surface area contributed by atoms with Gasteiger partial charge in [-0.15, -0.1) is 11.8 Å². The fraction of sp³-hybridized carbons (Fsp3) is 0.167. The molecular weight excluding hydrogens is 309 g/mol. The lowest BCUT2D eigenvalue weighted by Gasteiger charge is -2.32. The molecule has 0 spiro atoms. The lowest BCUT2D eigenvalue weighted by molar-refractivity contribution is 0.628. The molecule has 4 rings (SSSR count). The van der Waals surface area contributed by atoms with Crippen molar-refractivity contribution in [3.8, 4) is 11.4 Å². The third-order valence-corrected chi connectivity index (χ3v) is 5.29. The van der Waals surface area contributed by atoms with E-state index in [1.54, 1.807) is 6.07 Å². The first-order valence-corrected chi connectivity index (χ1v) is 8.37. The molecule has 0 amide bonds. The van der Waals surface area contributed by atoms with Gasteiger partial charge in [0.1, 0.15) is 11.6 Å². The molecule has 0 fully saturated rings. The van der Waals surface area contributed by atoms with Crippen molar-refractivity contribution in [3.63, 3.8) is 0 Å². The van der Waals surface area contributed by atoms with Crippen LogP contribution in [0.15, 0.2) is 59.6 Å². The molecule has 116 valence electrons. The molecule has 0 aliphatic carbocycles. The first-order valence-electron chi connectivity index (χ1n) is 7.49. The van der Waals surface area contributed by atoms with E-state index in [9.17, 15) is 4.39 Å². The standard InChI is InChI=1S/C18H16FN3S/c1-22-11-17(23-16-8-3-2-7-15(16)22)14-10-20-18(21-14)12-5-4-6-13(19)9-12/h2-10,17H,11H2,1H3,(H,20,21). The number of hydrogen-bond acceptors (Lipinski definition) is 3. The smallest absolute Gasteiger partial charge is 0.137 e.